The molecule has 1 amide bonds. The van der Waals surface area contributed by atoms with Crippen molar-refractivity contribution in [2.75, 3.05) is 39.3 Å². The topological polar surface area (TPSA) is 82.8 Å². The quantitative estimate of drug-likeness (QED) is 0.178. The number of halogens is 1. The van der Waals surface area contributed by atoms with Crippen LogP contribution in [0.15, 0.2) is 17.6 Å². The van der Waals surface area contributed by atoms with E-state index in [0.29, 0.717) is 6.54 Å². The van der Waals surface area contributed by atoms with Gasteiger partial charge >= 0.3 is 0 Å². The monoisotopic (exact) mass is 423 g/mol. The summed E-state index contributed by atoms with van der Waals surface area (Å²) in [4.78, 5) is 18.1. The summed E-state index contributed by atoms with van der Waals surface area (Å²) in [6.45, 7) is 10.9. The Kier molecular flexibility index (Phi) is 12.2. The van der Waals surface area contributed by atoms with E-state index in [9.17, 15) is 4.79 Å². The first kappa shape index (κ1) is 21.2. The highest BCUT2D eigenvalue weighted by Crippen LogP contribution is 2.15. The molecule has 0 bridgehead atoms. The number of likely N-dealkylation sites (tertiary alicyclic amines) is 1. The van der Waals surface area contributed by atoms with Crippen molar-refractivity contribution in [1.29, 1.82) is 0 Å². The molecule has 0 aliphatic carbocycles. The lowest BCUT2D eigenvalue weighted by Crippen LogP contribution is -2.41. The molecule has 1 atom stereocenters. The standard InChI is InChI=1S/C15H29N5O.HI/c1-3-8-18-15(17-4-2)19-9-6-11-20-10-5-7-13(12-20)14(16)21;/h3,13H,1,4-12H2,2H3,(H2,16,21)(H2,17,18,19);1H. The second-order valence-corrected chi connectivity index (χ2v) is 5.33. The van der Waals surface area contributed by atoms with Crippen LogP contribution in [-0.4, -0.2) is 56.0 Å². The van der Waals surface area contributed by atoms with Crippen LogP contribution in [-0.2, 0) is 4.79 Å². The molecule has 1 unspecified atom stereocenters. The number of primary amides is 1. The van der Waals surface area contributed by atoms with Gasteiger partial charge in [-0.05, 0) is 39.3 Å². The average Bonchev–Trinajstić information content (AvgIpc) is 2.49. The van der Waals surface area contributed by atoms with Gasteiger partial charge in [0.1, 0.15) is 0 Å². The molecule has 1 heterocycles. The molecule has 1 rings (SSSR count). The molecule has 0 aromatic heterocycles. The maximum Gasteiger partial charge on any atom is 0.221 e. The van der Waals surface area contributed by atoms with E-state index < -0.39 is 0 Å². The van der Waals surface area contributed by atoms with Gasteiger partial charge in [-0.2, -0.15) is 0 Å². The number of rotatable bonds is 8. The number of hydrogen-bond acceptors (Lipinski definition) is 3. The van der Waals surface area contributed by atoms with Crippen molar-refractivity contribution in [3.8, 4) is 0 Å². The van der Waals surface area contributed by atoms with Crippen molar-refractivity contribution in [2.24, 2.45) is 16.6 Å². The fourth-order valence-corrected chi connectivity index (χ4v) is 2.49. The Balaban J connectivity index is 0.00000441. The molecule has 22 heavy (non-hydrogen) atoms. The molecule has 7 heteroatoms. The second kappa shape index (κ2) is 12.7. The highest BCUT2D eigenvalue weighted by molar-refractivity contribution is 14.0. The molecule has 0 radical (unpaired) electrons. The van der Waals surface area contributed by atoms with Crippen molar-refractivity contribution in [3.05, 3.63) is 12.7 Å². The molecule has 1 aliphatic rings. The van der Waals surface area contributed by atoms with Gasteiger partial charge in [-0.25, -0.2) is 0 Å². The van der Waals surface area contributed by atoms with Crippen LogP contribution in [0.5, 0.6) is 0 Å². The summed E-state index contributed by atoms with van der Waals surface area (Å²) in [5, 5.41) is 6.37. The van der Waals surface area contributed by atoms with Gasteiger partial charge in [0, 0.05) is 26.2 Å². The Hall–Kier alpha value is -0.830. The summed E-state index contributed by atoms with van der Waals surface area (Å²) in [7, 11) is 0. The van der Waals surface area contributed by atoms with Crippen LogP contribution in [0.1, 0.15) is 26.2 Å². The van der Waals surface area contributed by atoms with Gasteiger partial charge in [0.15, 0.2) is 5.96 Å². The Morgan fingerprint density at radius 1 is 1.50 bits per heavy atom. The molecule has 0 spiro atoms. The zero-order valence-corrected chi connectivity index (χ0v) is 15.8. The molecule has 0 saturated carbocycles. The molecule has 1 fully saturated rings. The number of nitrogens with zero attached hydrogens (tertiary/aromatic N) is 2. The minimum Gasteiger partial charge on any atom is -0.369 e. The lowest BCUT2D eigenvalue weighted by atomic mass is 9.97. The zero-order valence-electron chi connectivity index (χ0n) is 13.5. The minimum atomic E-state index is -0.166. The Morgan fingerprint density at radius 2 is 2.27 bits per heavy atom. The van der Waals surface area contributed by atoms with Crippen LogP contribution in [0.4, 0.5) is 0 Å². The number of aliphatic imine (C=N–C) groups is 1. The lowest BCUT2D eigenvalue weighted by molar-refractivity contribution is -0.123. The number of carbonyl (C=O) groups is 1. The number of nitrogens with two attached hydrogens (primary N) is 1. The number of amides is 1. The van der Waals surface area contributed by atoms with E-state index >= 15 is 0 Å². The number of hydrogen-bond donors (Lipinski definition) is 3. The third kappa shape index (κ3) is 8.57. The molecular weight excluding hydrogens is 393 g/mol. The van der Waals surface area contributed by atoms with Crippen molar-refractivity contribution in [2.45, 2.75) is 26.2 Å². The third-order valence-corrected chi connectivity index (χ3v) is 3.57. The molecule has 1 saturated heterocycles. The lowest BCUT2D eigenvalue weighted by Gasteiger charge is -2.30. The van der Waals surface area contributed by atoms with Crippen LogP contribution in [0, 0.1) is 5.92 Å². The summed E-state index contributed by atoms with van der Waals surface area (Å²) >= 11 is 0. The number of guanidine groups is 1. The normalized spacial score (nSPS) is 19.1. The van der Waals surface area contributed by atoms with Gasteiger partial charge in [-0.1, -0.05) is 6.08 Å². The maximum absolute atomic E-state index is 11.2. The number of nitrogens with one attached hydrogen (secondary N) is 2. The van der Waals surface area contributed by atoms with Crippen molar-refractivity contribution >= 4 is 35.8 Å². The molecule has 4 N–H and O–H groups in total. The van der Waals surface area contributed by atoms with E-state index in [2.05, 4.69) is 27.1 Å². The minimum absolute atomic E-state index is 0. The summed E-state index contributed by atoms with van der Waals surface area (Å²) in [6.07, 6.45) is 4.78. The van der Waals surface area contributed by atoms with E-state index in [1.54, 1.807) is 0 Å². The predicted octanol–water partition coefficient (Wildman–Crippen LogP) is 0.933. The van der Waals surface area contributed by atoms with Crippen LogP contribution >= 0.6 is 24.0 Å². The molecule has 1 aliphatic heterocycles. The van der Waals surface area contributed by atoms with Crippen molar-refractivity contribution in [3.63, 3.8) is 0 Å². The SMILES string of the molecule is C=CCNC(=NCCCN1CCCC(C(N)=O)C1)NCC.I. The molecular formula is C15H30IN5O. The maximum atomic E-state index is 11.2. The summed E-state index contributed by atoms with van der Waals surface area (Å²) in [6, 6.07) is 0. The first-order valence-electron chi connectivity index (χ1n) is 7.82. The largest absolute Gasteiger partial charge is 0.369 e. The van der Waals surface area contributed by atoms with Gasteiger partial charge in [0.05, 0.1) is 5.92 Å². The van der Waals surface area contributed by atoms with Crippen LogP contribution in [0.2, 0.25) is 0 Å². The predicted molar refractivity (Wildman–Crippen MR) is 103 cm³/mol. The molecule has 6 nitrogen and oxygen atoms in total. The fraction of sp³-hybridized carbons (Fsp3) is 0.733. The van der Waals surface area contributed by atoms with E-state index in [4.69, 9.17) is 5.73 Å². The third-order valence-electron chi connectivity index (χ3n) is 3.57. The average molecular weight is 423 g/mol. The first-order valence-corrected chi connectivity index (χ1v) is 7.82. The van der Waals surface area contributed by atoms with Crippen molar-refractivity contribution in [1.82, 2.24) is 15.5 Å². The highest BCUT2D eigenvalue weighted by atomic mass is 127. The van der Waals surface area contributed by atoms with Crippen molar-refractivity contribution < 1.29 is 4.79 Å². The van der Waals surface area contributed by atoms with Gasteiger partial charge < -0.3 is 21.3 Å². The van der Waals surface area contributed by atoms with E-state index in [1.165, 1.54) is 0 Å². The van der Waals surface area contributed by atoms with Gasteiger partial charge in [-0.3, -0.25) is 9.79 Å². The van der Waals surface area contributed by atoms with Gasteiger partial charge in [0.25, 0.3) is 0 Å². The number of piperidine rings is 1. The van der Waals surface area contributed by atoms with E-state index in [-0.39, 0.29) is 35.8 Å². The van der Waals surface area contributed by atoms with Crippen LogP contribution in [0.25, 0.3) is 0 Å². The zero-order chi connectivity index (χ0) is 15.5. The smallest absolute Gasteiger partial charge is 0.221 e. The fourth-order valence-electron chi connectivity index (χ4n) is 2.49. The molecule has 0 aromatic carbocycles. The van der Waals surface area contributed by atoms with E-state index in [1.807, 2.05) is 13.0 Å². The Labute approximate surface area is 151 Å². The van der Waals surface area contributed by atoms with Crippen LogP contribution in [0.3, 0.4) is 0 Å². The highest BCUT2D eigenvalue weighted by Gasteiger charge is 2.23. The molecule has 0 aromatic rings. The first-order chi connectivity index (χ1) is 10.2. The summed E-state index contributed by atoms with van der Waals surface area (Å²) in [5.41, 5.74) is 5.39. The van der Waals surface area contributed by atoms with Crippen LogP contribution < -0.4 is 16.4 Å². The van der Waals surface area contributed by atoms with E-state index in [0.717, 1.165) is 57.9 Å². The Bertz CT molecular complexity index is 362. The summed E-state index contributed by atoms with van der Waals surface area (Å²) in [5.74, 6) is 0.681. The van der Waals surface area contributed by atoms with Gasteiger partial charge in [-0.15, -0.1) is 30.6 Å². The summed E-state index contributed by atoms with van der Waals surface area (Å²) < 4.78 is 0. The van der Waals surface area contributed by atoms with Gasteiger partial charge in [0.2, 0.25) is 5.91 Å². The molecule has 128 valence electrons. The second-order valence-electron chi connectivity index (χ2n) is 5.33. The Morgan fingerprint density at radius 3 is 2.91 bits per heavy atom. The number of carbonyl (C=O) groups excluding carboxylic acids is 1.